The van der Waals surface area contributed by atoms with Gasteiger partial charge in [-0.25, -0.2) is 0 Å². The second-order valence-electron chi connectivity index (χ2n) is 7.95. The van der Waals surface area contributed by atoms with Crippen molar-refractivity contribution in [3.05, 3.63) is 0 Å². The summed E-state index contributed by atoms with van der Waals surface area (Å²) < 4.78 is 16.7. The van der Waals surface area contributed by atoms with Crippen molar-refractivity contribution in [3.63, 3.8) is 0 Å². The Morgan fingerprint density at radius 2 is 2.09 bits per heavy atom. The minimum atomic E-state index is 0.00811. The highest BCUT2D eigenvalue weighted by Crippen LogP contribution is 2.50. The predicted octanol–water partition coefficient (Wildman–Crippen LogP) is 3.23. The van der Waals surface area contributed by atoms with E-state index in [0.717, 1.165) is 31.6 Å². The molecule has 0 radical (unpaired) electrons. The molecule has 0 aromatic heterocycles. The van der Waals surface area contributed by atoms with E-state index in [1.807, 2.05) is 0 Å². The molecular formula is C18H28O4. The van der Waals surface area contributed by atoms with Crippen LogP contribution in [0.15, 0.2) is 0 Å². The van der Waals surface area contributed by atoms with Crippen LogP contribution in [0.4, 0.5) is 0 Å². The molecule has 2 aliphatic heterocycles. The zero-order valence-electron chi connectivity index (χ0n) is 13.6. The Morgan fingerprint density at radius 1 is 1.18 bits per heavy atom. The molecule has 0 spiro atoms. The summed E-state index contributed by atoms with van der Waals surface area (Å²) in [6.45, 7) is 2.84. The standard InChI is InChI=1S/C18H28O4/c1-18-8-7-12(10-16(18)22-18)4-2-3-9-20-17(19)13-5-6-14-15(11-13)21-14/h12-16H,2-11H2,1H3. The number of hydrogen-bond donors (Lipinski definition) is 0. The van der Waals surface area contributed by atoms with Crippen LogP contribution in [0.1, 0.15) is 64.7 Å². The molecule has 124 valence electrons. The molecule has 4 rings (SSSR count). The van der Waals surface area contributed by atoms with E-state index in [1.54, 1.807) is 0 Å². The molecule has 4 aliphatic rings. The summed E-state index contributed by atoms with van der Waals surface area (Å²) in [5.41, 5.74) is 0.232. The average Bonchev–Trinajstić information content (AvgIpc) is 3.39. The molecular weight excluding hydrogens is 280 g/mol. The molecule has 0 aromatic carbocycles. The Morgan fingerprint density at radius 3 is 2.91 bits per heavy atom. The molecule has 6 atom stereocenters. The number of epoxide rings is 2. The third-order valence-electron chi connectivity index (χ3n) is 6.22. The second kappa shape index (κ2) is 5.79. The van der Waals surface area contributed by atoms with Gasteiger partial charge in [-0.3, -0.25) is 4.79 Å². The lowest BCUT2D eigenvalue weighted by atomic mass is 9.81. The summed E-state index contributed by atoms with van der Waals surface area (Å²) in [5.74, 6) is 0.916. The maximum absolute atomic E-state index is 12.0. The quantitative estimate of drug-likeness (QED) is 0.429. The van der Waals surface area contributed by atoms with Gasteiger partial charge in [0.15, 0.2) is 0 Å². The maximum atomic E-state index is 12.0. The van der Waals surface area contributed by atoms with Gasteiger partial charge >= 0.3 is 5.97 Å². The number of ether oxygens (including phenoxy) is 3. The van der Waals surface area contributed by atoms with Crippen molar-refractivity contribution in [2.45, 2.75) is 88.6 Å². The van der Waals surface area contributed by atoms with Gasteiger partial charge in [0.05, 0.1) is 36.4 Å². The highest BCUT2D eigenvalue weighted by atomic mass is 16.6. The Kier molecular flexibility index (Phi) is 3.93. The maximum Gasteiger partial charge on any atom is 0.309 e. The Hall–Kier alpha value is -0.610. The molecule has 0 N–H and O–H groups in total. The van der Waals surface area contributed by atoms with Gasteiger partial charge in [-0.15, -0.1) is 0 Å². The Balaban J connectivity index is 1.07. The zero-order chi connectivity index (χ0) is 15.2. The van der Waals surface area contributed by atoms with Gasteiger partial charge in [-0.1, -0.05) is 6.42 Å². The van der Waals surface area contributed by atoms with E-state index < -0.39 is 0 Å². The van der Waals surface area contributed by atoms with E-state index in [9.17, 15) is 4.79 Å². The van der Waals surface area contributed by atoms with E-state index in [-0.39, 0.29) is 17.5 Å². The molecule has 4 fully saturated rings. The predicted molar refractivity (Wildman–Crippen MR) is 81.4 cm³/mol. The van der Waals surface area contributed by atoms with Crippen LogP contribution in [0.3, 0.4) is 0 Å². The normalized spacial score (nSPS) is 45.6. The van der Waals surface area contributed by atoms with Gasteiger partial charge < -0.3 is 14.2 Å². The van der Waals surface area contributed by atoms with Crippen LogP contribution in [0, 0.1) is 11.8 Å². The van der Waals surface area contributed by atoms with Crippen LogP contribution < -0.4 is 0 Å². The van der Waals surface area contributed by atoms with Crippen molar-refractivity contribution in [1.29, 1.82) is 0 Å². The summed E-state index contributed by atoms with van der Waals surface area (Å²) in [5, 5.41) is 0. The van der Waals surface area contributed by atoms with Crippen LogP contribution in [0.5, 0.6) is 0 Å². The molecule has 2 saturated heterocycles. The van der Waals surface area contributed by atoms with Crippen LogP contribution in [0.2, 0.25) is 0 Å². The summed E-state index contributed by atoms with van der Waals surface area (Å²) in [4.78, 5) is 12.0. The molecule has 6 unspecified atom stereocenters. The van der Waals surface area contributed by atoms with Gasteiger partial charge in [-0.05, 0) is 64.2 Å². The lowest BCUT2D eigenvalue weighted by Gasteiger charge is -2.22. The van der Waals surface area contributed by atoms with E-state index in [4.69, 9.17) is 14.2 Å². The van der Waals surface area contributed by atoms with Crippen molar-refractivity contribution in [3.8, 4) is 0 Å². The topological polar surface area (TPSA) is 51.4 Å². The van der Waals surface area contributed by atoms with Crippen LogP contribution >= 0.6 is 0 Å². The minimum Gasteiger partial charge on any atom is -0.465 e. The van der Waals surface area contributed by atoms with Gasteiger partial charge in [0.25, 0.3) is 0 Å². The number of carbonyl (C=O) groups excluding carboxylic acids is 1. The monoisotopic (exact) mass is 308 g/mol. The zero-order valence-corrected chi connectivity index (χ0v) is 13.6. The average molecular weight is 308 g/mol. The Labute approximate surface area is 132 Å². The first-order valence-electron chi connectivity index (χ1n) is 9.14. The van der Waals surface area contributed by atoms with Crippen molar-refractivity contribution >= 4 is 5.97 Å². The summed E-state index contributed by atoms with van der Waals surface area (Å²) in [6, 6.07) is 0. The fourth-order valence-corrected chi connectivity index (χ4v) is 4.43. The molecule has 2 saturated carbocycles. The third-order valence-corrected chi connectivity index (χ3v) is 6.22. The molecule has 2 heterocycles. The van der Waals surface area contributed by atoms with Crippen molar-refractivity contribution in [2.24, 2.45) is 11.8 Å². The lowest BCUT2D eigenvalue weighted by Crippen LogP contribution is -2.24. The van der Waals surface area contributed by atoms with E-state index in [2.05, 4.69) is 6.92 Å². The number of fused-ring (bicyclic) bond motifs is 2. The number of rotatable bonds is 6. The Bertz CT molecular complexity index is 437. The minimum absolute atomic E-state index is 0.00811. The summed E-state index contributed by atoms with van der Waals surface area (Å²) >= 11 is 0. The van der Waals surface area contributed by atoms with Gasteiger partial charge in [0.2, 0.25) is 0 Å². The molecule has 0 aromatic rings. The van der Waals surface area contributed by atoms with Crippen LogP contribution in [-0.2, 0) is 19.0 Å². The number of carbonyl (C=O) groups is 1. The summed E-state index contributed by atoms with van der Waals surface area (Å²) in [7, 11) is 0. The van der Waals surface area contributed by atoms with E-state index in [1.165, 1.54) is 32.1 Å². The second-order valence-corrected chi connectivity index (χ2v) is 7.95. The molecule has 0 amide bonds. The molecule has 0 bridgehead atoms. The van der Waals surface area contributed by atoms with Crippen molar-refractivity contribution in [2.75, 3.05) is 6.61 Å². The van der Waals surface area contributed by atoms with Gasteiger partial charge in [0.1, 0.15) is 0 Å². The third kappa shape index (κ3) is 3.18. The first-order valence-corrected chi connectivity index (χ1v) is 9.14. The molecule has 2 aliphatic carbocycles. The number of hydrogen-bond acceptors (Lipinski definition) is 4. The number of unbranched alkanes of at least 4 members (excludes halogenated alkanes) is 1. The first-order chi connectivity index (χ1) is 10.6. The SMILES string of the molecule is CC12CCC(CCCCOC(=O)C3CCC4OC4C3)CC1O2. The highest BCUT2D eigenvalue weighted by molar-refractivity contribution is 5.72. The van der Waals surface area contributed by atoms with Gasteiger partial charge in [-0.2, -0.15) is 0 Å². The van der Waals surface area contributed by atoms with E-state index in [0.29, 0.717) is 24.9 Å². The highest BCUT2D eigenvalue weighted by Gasteiger charge is 2.54. The first kappa shape index (κ1) is 14.9. The van der Waals surface area contributed by atoms with Gasteiger partial charge in [0, 0.05) is 0 Å². The fraction of sp³-hybridized carbons (Fsp3) is 0.944. The smallest absolute Gasteiger partial charge is 0.309 e. The molecule has 22 heavy (non-hydrogen) atoms. The molecule has 4 heteroatoms. The van der Waals surface area contributed by atoms with Crippen LogP contribution in [0.25, 0.3) is 0 Å². The fourth-order valence-electron chi connectivity index (χ4n) is 4.43. The van der Waals surface area contributed by atoms with Crippen molar-refractivity contribution in [1.82, 2.24) is 0 Å². The summed E-state index contributed by atoms with van der Waals surface area (Å²) in [6.07, 6.45) is 11.4. The van der Waals surface area contributed by atoms with E-state index >= 15 is 0 Å². The lowest BCUT2D eigenvalue weighted by molar-refractivity contribution is -0.149. The molecule has 4 nitrogen and oxygen atoms in total. The largest absolute Gasteiger partial charge is 0.465 e. The van der Waals surface area contributed by atoms with Crippen LogP contribution in [-0.4, -0.2) is 36.5 Å². The van der Waals surface area contributed by atoms with Crippen molar-refractivity contribution < 1.29 is 19.0 Å². The number of esters is 1.